The molecule has 1 N–H and O–H groups in total. The predicted octanol–water partition coefficient (Wildman–Crippen LogP) is 1.27. The molecule has 1 amide bonds. The molecule has 1 fully saturated rings. The van der Waals surface area contributed by atoms with Crippen LogP contribution >= 0.6 is 0 Å². The van der Waals surface area contributed by atoms with Crippen LogP contribution in [0.1, 0.15) is 40.5 Å². The molecule has 17 heavy (non-hydrogen) atoms. The molecular weight excluding hydrogens is 214 g/mol. The van der Waals surface area contributed by atoms with Gasteiger partial charge in [-0.3, -0.25) is 10.1 Å². The maximum absolute atomic E-state index is 12.0. The number of amides is 1. The van der Waals surface area contributed by atoms with Gasteiger partial charge in [-0.2, -0.15) is 0 Å². The van der Waals surface area contributed by atoms with Crippen LogP contribution in [-0.4, -0.2) is 54.1 Å². The lowest BCUT2D eigenvalue weighted by Crippen LogP contribution is -2.37. The molecule has 0 bridgehead atoms. The number of carbonyl (C=O) groups is 1. The second-order valence-corrected chi connectivity index (χ2v) is 5.26. The Balaban J connectivity index is 2.34. The Morgan fingerprint density at radius 1 is 1.47 bits per heavy atom. The zero-order valence-corrected chi connectivity index (χ0v) is 11.9. The fourth-order valence-corrected chi connectivity index (χ4v) is 2.19. The molecule has 1 heterocycles. The average Bonchev–Trinajstić information content (AvgIpc) is 2.55. The Morgan fingerprint density at radius 3 is 2.59 bits per heavy atom. The SMILES string of the molecule is CCC1NC(C)N(CCCN(C)C(C)C)C1=O. The first-order valence-corrected chi connectivity index (χ1v) is 6.74. The topological polar surface area (TPSA) is 35.6 Å². The van der Waals surface area contributed by atoms with Crippen LogP contribution in [0.4, 0.5) is 0 Å². The highest BCUT2D eigenvalue weighted by molar-refractivity contribution is 5.84. The lowest BCUT2D eigenvalue weighted by atomic mass is 10.2. The van der Waals surface area contributed by atoms with Crippen molar-refractivity contribution in [3.63, 3.8) is 0 Å². The van der Waals surface area contributed by atoms with Crippen LogP contribution in [0.5, 0.6) is 0 Å². The van der Waals surface area contributed by atoms with Gasteiger partial charge in [0.25, 0.3) is 0 Å². The van der Waals surface area contributed by atoms with Crippen LogP contribution in [0, 0.1) is 0 Å². The van der Waals surface area contributed by atoms with Gasteiger partial charge >= 0.3 is 0 Å². The summed E-state index contributed by atoms with van der Waals surface area (Å²) in [5.74, 6) is 0.271. The molecule has 1 aliphatic heterocycles. The molecule has 0 aliphatic carbocycles. The van der Waals surface area contributed by atoms with Gasteiger partial charge in [0.2, 0.25) is 5.91 Å². The zero-order valence-electron chi connectivity index (χ0n) is 11.9. The third-order valence-corrected chi connectivity index (χ3v) is 3.69. The van der Waals surface area contributed by atoms with E-state index in [0.717, 1.165) is 25.9 Å². The highest BCUT2D eigenvalue weighted by Crippen LogP contribution is 2.13. The zero-order chi connectivity index (χ0) is 13.0. The number of rotatable bonds is 6. The quantitative estimate of drug-likeness (QED) is 0.761. The summed E-state index contributed by atoms with van der Waals surface area (Å²) in [4.78, 5) is 16.3. The van der Waals surface area contributed by atoms with Crippen LogP contribution in [-0.2, 0) is 4.79 Å². The fraction of sp³-hybridized carbons (Fsp3) is 0.923. The van der Waals surface area contributed by atoms with Crippen molar-refractivity contribution in [3.05, 3.63) is 0 Å². The van der Waals surface area contributed by atoms with E-state index in [1.165, 1.54) is 0 Å². The molecule has 0 radical (unpaired) electrons. The summed E-state index contributed by atoms with van der Waals surface area (Å²) in [5.41, 5.74) is 0. The van der Waals surface area contributed by atoms with Crippen molar-refractivity contribution in [2.45, 2.75) is 58.8 Å². The standard InChI is InChI=1S/C13H27N3O/c1-6-12-13(17)16(11(4)14-12)9-7-8-15(5)10(2)3/h10-12,14H,6-9H2,1-5H3. The van der Waals surface area contributed by atoms with Crippen molar-refractivity contribution in [2.75, 3.05) is 20.1 Å². The molecule has 4 heteroatoms. The third kappa shape index (κ3) is 3.68. The molecule has 100 valence electrons. The molecule has 4 nitrogen and oxygen atoms in total. The van der Waals surface area contributed by atoms with Crippen LogP contribution in [0.25, 0.3) is 0 Å². The highest BCUT2D eigenvalue weighted by atomic mass is 16.2. The van der Waals surface area contributed by atoms with Gasteiger partial charge < -0.3 is 9.80 Å². The van der Waals surface area contributed by atoms with Crippen LogP contribution in [0.3, 0.4) is 0 Å². The molecule has 1 rings (SSSR count). The highest BCUT2D eigenvalue weighted by Gasteiger charge is 2.34. The van der Waals surface area contributed by atoms with E-state index >= 15 is 0 Å². The van der Waals surface area contributed by atoms with Crippen molar-refractivity contribution in [1.82, 2.24) is 15.1 Å². The van der Waals surface area contributed by atoms with E-state index in [-0.39, 0.29) is 18.1 Å². The molecule has 0 spiro atoms. The summed E-state index contributed by atoms with van der Waals surface area (Å²) >= 11 is 0. The third-order valence-electron chi connectivity index (χ3n) is 3.69. The van der Waals surface area contributed by atoms with E-state index in [4.69, 9.17) is 0 Å². The first kappa shape index (κ1) is 14.5. The Morgan fingerprint density at radius 2 is 2.12 bits per heavy atom. The molecule has 0 saturated carbocycles. The summed E-state index contributed by atoms with van der Waals surface area (Å²) < 4.78 is 0. The van der Waals surface area contributed by atoms with Crippen molar-refractivity contribution < 1.29 is 4.79 Å². The minimum absolute atomic E-state index is 0.0350. The Bertz CT molecular complexity index is 255. The lowest BCUT2D eigenvalue weighted by molar-refractivity contribution is -0.130. The normalized spacial score (nSPS) is 25.4. The molecule has 1 aliphatic rings. The molecular formula is C13H27N3O. The van der Waals surface area contributed by atoms with Crippen LogP contribution in [0.15, 0.2) is 0 Å². The minimum atomic E-state index is 0.0350. The lowest BCUT2D eigenvalue weighted by Gasteiger charge is -2.24. The first-order valence-electron chi connectivity index (χ1n) is 6.74. The first-order chi connectivity index (χ1) is 7.97. The van der Waals surface area contributed by atoms with Gasteiger partial charge in [0, 0.05) is 12.6 Å². The summed E-state index contributed by atoms with van der Waals surface area (Å²) in [6.07, 6.45) is 2.12. The number of nitrogens with zero attached hydrogens (tertiary/aromatic N) is 2. The van der Waals surface area contributed by atoms with Gasteiger partial charge in [-0.15, -0.1) is 0 Å². The van der Waals surface area contributed by atoms with Gasteiger partial charge in [-0.05, 0) is 47.2 Å². The predicted molar refractivity (Wildman–Crippen MR) is 70.8 cm³/mol. The number of hydrogen-bond acceptors (Lipinski definition) is 3. The summed E-state index contributed by atoms with van der Waals surface area (Å²) in [7, 11) is 2.13. The molecule has 0 aromatic rings. The largest absolute Gasteiger partial charge is 0.326 e. The van der Waals surface area contributed by atoms with Gasteiger partial charge in [-0.1, -0.05) is 6.92 Å². The van der Waals surface area contributed by atoms with E-state index in [2.05, 4.69) is 45.0 Å². The van der Waals surface area contributed by atoms with E-state index in [1.54, 1.807) is 0 Å². The monoisotopic (exact) mass is 241 g/mol. The maximum atomic E-state index is 12.0. The second kappa shape index (κ2) is 6.36. The smallest absolute Gasteiger partial charge is 0.240 e. The van der Waals surface area contributed by atoms with E-state index in [1.807, 2.05) is 4.90 Å². The van der Waals surface area contributed by atoms with Gasteiger partial charge in [0.15, 0.2) is 0 Å². The van der Waals surface area contributed by atoms with Crippen molar-refractivity contribution >= 4 is 5.91 Å². The Hall–Kier alpha value is -0.610. The van der Waals surface area contributed by atoms with Crippen molar-refractivity contribution in [2.24, 2.45) is 0 Å². The second-order valence-electron chi connectivity index (χ2n) is 5.26. The Labute approximate surface area is 105 Å². The molecule has 2 atom stereocenters. The number of carbonyl (C=O) groups excluding carboxylic acids is 1. The Kier molecular flexibility index (Phi) is 5.40. The number of nitrogens with one attached hydrogen (secondary N) is 1. The van der Waals surface area contributed by atoms with E-state index < -0.39 is 0 Å². The van der Waals surface area contributed by atoms with Crippen molar-refractivity contribution in [1.29, 1.82) is 0 Å². The molecule has 0 aromatic carbocycles. The maximum Gasteiger partial charge on any atom is 0.240 e. The molecule has 1 saturated heterocycles. The van der Waals surface area contributed by atoms with Crippen molar-refractivity contribution in [3.8, 4) is 0 Å². The summed E-state index contributed by atoms with van der Waals surface area (Å²) in [6, 6.07) is 0.607. The van der Waals surface area contributed by atoms with Gasteiger partial charge in [-0.25, -0.2) is 0 Å². The van der Waals surface area contributed by atoms with Gasteiger partial charge in [0.1, 0.15) is 0 Å². The van der Waals surface area contributed by atoms with Crippen LogP contribution in [0.2, 0.25) is 0 Å². The number of hydrogen-bond donors (Lipinski definition) is 1. The van der Waals surface area contributed by atoms with E-state index in [0.29, 0.717) is 6.04 Å². The summed E-state index contributed by atoms with van der Waals surface area (Å²) in [5, 5.41) is 3.33. The van der Waals surface area contributed by atoms with Crippen LogP contribution < -0.4 is 5.32 Å². The average molecular weight is 241 g/mol. The summed E-state index contributed by atoms with van der Waals surface area (Å²) in [6.45, 7) is 10.4. The molecule has 0 aromatic heterocycles. The minimum Gasteiger partial charge on any atom is -0.326 e. The van der Waals surface area contributed by atoms with E-state index in [9.17, 15) is 4.79 Å². The fourth-order valence-electron chi connectivity index (χ4n) is 2.19. The van der Waals surface area contributed by atoms with Gasteiger partial charge in [0.05, 0.1) is 12.2 Å². The molecule has 2 unspecified atom stereocenters.